The van der Waals surface area contributed by atoms with Crippen LogP contribution in [0.1, 0.15) is 34.4 Å². The summed E-state index contributed by atoms with van der Waals surface area (Å²) in [7, 11) is 0. The number of hydrogen-bond donors (Lipinski definition) is 2. The summed E-state index contributed by atoms with van der Waals surface area (Å²) >= 11 is 0. The summed E-state index contributed by atoms with van der Waals surface area (Å²) in [6, 6.07) is 12.6. The third-order valence-corrected chi connectivity index (χ3v) is 4.64. The molecule has 0 atom stereocenters. The van der Waals surface area contributed by atoms with Crippen LogP contribution in [0.3, 0.4) is 0 Å². The largest absolute Gasteiger partial charge is 0.355 e. The Kier molecular flexibility index (Phi) is 5.01. The lowest BCUT2D eigenvalue weighted by atomic mass is 10.1. The molecule has 0 saturated heterocycles. The molecular weight excluding hydrogens is 384 g/mol. The van der Waals surface area contributed by atoms with Crippen molar-refractivity contribution in [3.05, 3.63) is 75.5 Å². The predicted molar refractivity (Wildman–Crippen MR) is 111 cm³/mol. The number of aromatic amines is 1. The third kappa shape index (κ3) is 3.64. The van der Waals surface area contributed by atoms with Crippen molar-refractivity contribution in [1.29, 1.82) is 0 Å². The lowest BCUT2D eigenvalue weighted by Crippen LogP contribution is -2.22. The molecule has 0 fully saturated rings. The Morgan fingerprint density at radius 3 is 2.67 bits per heavy atom. The molecule has 0 radical (unpaired) electrons. The van der Waals surface area contributed by atoms with Gasteiger partial charge >= 0.3 is 0 Å². The van der Waals surface area contributed by atoms with Crippen molar-refractivity contribution in [3.8, 4) is 17.3 Å². The smallest absolute Gasteiger partial charge is 0.279 e. The van der Waals surface area contributed by atoms with Gasteiger partial charge in [0.25, 0.3) is 11.5 Å². The molecule has 1 aromatic carbocycles. The summed E-state index contributed by atoms with van der Waals surface area (Å²) < 4.78 is 6.68. The van der Waals surface area contributed by atoms with E-state index in [1.165, 1.54) is 4.68 Å². The van der Waals surface area contributed by atoms with E-state index < -0.39 is 5.91 Å². The number of aryl methyl sites for hydroxylation is 2. The maximum Gasteiger partial charge on any atom is 0.279 e. The number of benzene rings is 1. The van der Waals surface area contributed by atoms with Gasteiger partial charge in [-0.3, -0.25) is 14.6 Å². The molecule has 152 valence electrons. The van der Waals surface area contributed by atoms with E-state index in [0.717, 1.165) is 5.56 Å². The first-order valence-electron chi connectivity index (χ1n) is 9.46. The number of carbonyl (C=O) groups excluding carboxylic acids is 1. The van der Waals surface area contributed by atoms with Gasteiger partial charge in [0, 0.05) is 29.0 Å². The van der Waals surface area contributed by atoms with Crippen molar-refractivity contribution in [2.24, 2.45) is 0 Å². The molecule has 0 spiro atoms. The van der Waals surface area contributed by atoms with Crippen LogP contribution in [0, 0.1) is 13.8 Å². The normalized spacial score (nSPS) is 10.9. The van der Waals surface area contributed by atoms with Gasteiger partial charge in [-0.25, -0.2) is 4.98 Å². The van der Waals surface area contributed by atoms with Gasteiger partial charge in [-0.05, 0) is 20.3 Å². The Bertz CT molecular complexity index is 1270. The molecular formula is C21H20N6O3. The molecule has 1 amide bonds. The molecule has 0 aliphatic carbocycles. The minimum atomic E-state index is -0.466. The van der Waals surface area contributed by atoms with Gasteiger partial charge in [-0.15, -0.1) is 0 Å². The molecule has 0 bridgehead atoms. The number of nitrogens with one attached hydrogen (secondary N) is 2. The van der Waals surface area contributed by atoms with Gasteiger partial charge < -0.3 is 9.84 Å². The van der Waals surface area contributed by atoms with Crippen LogP contribution in [-0.4, -0.2) is 30.8 Å². The summed E-state index contributed by atoms with van der Waals surface area (Å²) in [5.74, 6) is 0.602. The first-order chi connectivity index (χ1) is 14.5. The number of amides is 1. The Labute approximate surface area is 171 Å². The van der Waals surface area contributed by atoms with Crippen LogP contribution in [0.15, 0.2) is 51.8 Å². The molecule has 0 saturated carbocycles. The molecule has 9 nitrogen and oxygen atoms in total. The van der Waals surface area contributed by atoms with E-state index >= 15 is 0 Å². The zero-order chi connectivity index (χ0) is 21.3. The highest BCUT2D eigenvalue weighted by Gasteiger charge is 2.18. The molecule has 9 heteroatoms. The van der Waals surface area contributed by atoms with Crippen LogP contribution in [0.4, 0.5) is 5.82 Å². The fourth-order valence-corrected chi connectivity index (χ4v) is 3.16. The van der Waals surface area contributed by atoms with Crippen LogP contribution in [0.25, 0.3) is 17.3 Å². The van der Waals surface area contributed by atoms with Crippen LogP contribution in [-0.2, 0) is 6.42 Å². The van der Waals surface area contributed by atoms with Crippen LogP contribution < -0.4 is 10.9 Å². The second-order valence-corrected chi connectivity index (χ2v) is 6.79. The minimum Gasteiger partial charge on any atom is -0.355 e. The number of aromatic nitrogens is 5. The summed E-state index contributed by atoms with van der Waals surface area (Å²) in [5.41, 5.74) is 2.59. The van der Waals surface area contributed by atoms with Crippen molar-refractivity contribution in [2.45, 2.75) is 27.2 Å². The van der Waals surface area contributed by atoms with Gasteiger partial charge in [0.15, 0.2) is 11.5 Å². The lowest BCUT2D eigenvalue weighted by Gasteiger charge is -2.09. The Morgan fingerprint density at radius 1 is 1.20 bits per heavy atom. The number of hydrogen-bond acceptors (Lipinski definition) is 6. The summed E-state index contributed by atoms with van der Waals surface area (Å²) in [4.78, 5) is 32.2. The molecule has 2 N–H and O–H groups in total. The Hall–Kier alpha value is -4.01. The van der Waals surface area contributed by atoms with E-state index in [1.807, 2.05) is 37.3 Å². The monoisotopic (exact) mass is 404 g/mol. The maximum absolute atomic E-state index is 12.7. The quantitative estimate of drug-likeness (QED) is 0.528. The molecule has 3 heterocycles. The van der Waals surface area contributed by atoms with Crippen molar-refractivity contribution in [2.75, 3.05) is 5.32 Å². The topological polar surface area (TPSA) is 119 Å². The number of carbonyl (C=O) groups is 1. The average molecular weight is 404 g/mol. The second kappa shape index (κ2) is 7.78. The molecule has 4 aromatic rings. The summed E-state index contributed by atoms with van der Waals surface area (Å²) in [5, 5.41) is 11.0. The maximum atomic E-state index is 12.7. The molecule has 0 unspecified atom stereocenters. The third-order valence-electron chi connectivity index (χ3n) is 4.64. The van der Waals surface area contributed by atoms with Crippen molar-refractivity contribution < 1.29 is 9.32 Å². The molecule has 0 aliphatic heterocycles. The van der Waals surface area contributed by atoms with E-state index in [-0.39, 0.29) is 17.2 Å². The fraction of sp³-hybridized carbons (Fsp3) is 0.190. The zero-order valence-corrected chi connectivity index (χ0v) is 16.8. The standard InChI is InChI=1S/C21H20N6O3/c1-4-15-13(3)22-21(24-19(15)28)27-18(10-12(2)25-27)23-20(29)16-11-17(30-26-16)14-8-6-5-7-9-14/h5-11H,4H2,1-3H3,(H,23,29)(H,22,24,28). The SMILES string of the molecule is CCc1c(C)nc(-n2nc(C)cc2NC(=O)c2cc(-c3ccccc3)on2)[nH]c1=O. The predicted octanol–water partition coefficient (Wildman–Crippen LogP) is 3.04. The Morgan fingerprint density at radius 2 is 1.97 bits per heavy atom. The van der Waals surface area contributed by atoms with Crippen molar-refractivity contribution in [3.63, 3.8) is 0 Å². The van der Waals surface area contributed by atoms with Gasteiger partial charge in [0.1, 0.15) is 5.82 Å². The minimum absolute atomic E-state index is 0.123. The highest BCUT2D eigenvalue weighted by molar-refractivity contribution is 6.03. The summed E-state index contributed by atoms with van der Waals surface area (Å²) in [6.45, 7) is 5.44. The fourth-order valence-electron chi connectivity index (χ4n) is 3.16. The number of nitrogens with zero attached hydrogens (tertiary/aromatic N) is 4. The first-order valence-corrected chi connectivity index (χ1v) is 9.46. The van der Waals surface area contributed by atoms with Gasteiger partial charge in [0.2, 0.25) is 5.95 Å². The van der Waals surface area contributed by atoms with Crippen LogP contribution >= 0.6 is 0 Å². The van der Waals surface area contributed by atoms with Crippen molar-refractivity contribution >= 4 is 11.7 Å². The second-order valence-electron chi connectivity index (χ2n) is 6.79. The lowest BCUT2D eigenvalue weighted by molar-refractivity contribution is 0.101. The molecule has 0 aliphatic rings. The van der Waals surface area contributed by atoms with Gasteiger partial charge in [-0.2, -0.15) is 9.78 Å². The first kappa shape index (κ1) is 19.3. The molecule has 4 rings (SSSR count). The number of anilines is 1. The highest BCUT2D eigenvalue weighted by atomic mass is 16.5. The van der Waals surface area contributed by atoms with E-state index in [1.54, 1.807) is 26.0 Å². The van der Waals surface area contributed by atoms with Crippen LogP contribution in [0.5, 0.6) is 0 Å². The van der Waals surface area contributed by atoms with E-state index in [0.29, 0.717) is 35.0 Å². The van der Waals surface area contributed by atoms with Crippen LogP contribution in [0.2, 0.25) is 0 Å². The summed E-state index contributed by atoms with van der Waals surface area (Å²) in [6.07, 6.45) is 0.575. The highest BCUT2D eigenvalue weighted by Crippen LogP contribution is 2.21. The zero-order valence-electron chi connectivity index (χ0n) is 16.8. The number of H-pyrrole nitrogens is 1. The van der Waals surface area contributed by atoms with E-state index in [9.17, 15) is 9.59 Å². The molecule has 30 heavy (non-hydrogen) atoms. The van der Waals surface area contributed by atoms with Gasteiger partial charge in [0.05, 0.1) is 5.69 Å². The average Bonchev–Trinajstić information content (AvgIpc) is 3.35. The van der Waals surface area contributed by atoms with E-state index in [4.69, 9.17) is 4.52 Å². The Balaban J connectivity index is 1.63. The van der Waals surface area contributed by atoms with Gasteiger partial charge in [-0.1, -0.05) is 42.4 Å². The van der Waals surface area contributed by atoms with E-state index in [2.05, 4.69) is 25.5 Å². The van der Waals surface area contributed by atoms with Crippen molar-refractivity contribution in [1.82, 2.24) is 24.9 Å². The number of rotatable bonds is 5. The molecule has 3 aromatic heterocycles.